The lowest BCUT2D eigenvalue weighted by Crippen LogP contribution is -2.44. The van der Waals surface area contributed by atoms with Gasteiger partial charge in [-0.15, -0.1) is 0 Å². The van der Waals surface area contributed by atoms with Gasteiger partial charge in [-0.05, 0) is 25.1 Å². The van der Waals surface area contributed by atoms with Gasteiger partial charge in [-0.25, -0.2) is 0 Å². The van der Waals surface area contributed by atoms with Gasteiger partial charge in [0.05, 0.1) is 6.54 Å². The topological polar surface area (TPSA) is 32.3 Å². The molecule has 0 aliphatic carbocycles. The van der Waals surface area contributed by atoms with Crippen molar-refractivity contribution >= 4 is 5.91 Å². The van der Waals surface area contributed by atoms with Gasteiger partial charge in [-0.1, -0.05) is 30.3 Å². The highest BCUT2D eigenvalue weighted by molar-refractivity contribution is 5.78. The van der Waals surface area contributed by atoms with Gasteiger partial charge in [0.1, 0.15) is 0 Å². The number of benzene rings is 1. The molecule has 1 amide bonds. The Balaban J connectivity index is 1.71. The highest BCUT2D eigenvalue weighted by Crippen LogP contribution is 2.04. The van der Waals surface area contributed by atoms with E-state index < -0.39 is 0 Å². The number of hydrogen-bond donors (Lipinski definition) is 1. The van der Waals surface area contributed by atoms with Crippen LogP contribution in [0.25, 0.3) is 0 Å². The number of carbonyl (C=O) groups is 1. The van der Waals surface area contributed by atoms with Crippen LogP contribution in [0.2, 0.25) is 0 Å². The monoisotopic (exact) mass is 204 g/mol. The molecular formula is C12H16N2O. The molecule has 1 aliphatic heterocycles. The van der Waals surface area contributed by atoms with Crippen molar-refractivity contribution in [3.8, 4) is 0 Å². The SMILES string of the molecule is O=C(CN1CCC1)NCc1ccccc1. The van der Waals surface area contributed by atoms with Crippen molar-refractivity contribution in [3.63, 3.8) is 0 Å². The van der Waals surface area contributed by atoms with Crippen LogP contribution in [0.5, 0.6) is 0 Å². The first-order valence-corrected chi connectivity index (χ1v) is 5.37. The highest BCUT2D eigenvalue weighted by atomic mass is 16.2. The number of nitrogens with one attached hydrogen (secondary N) is 1. The summed E-state index contributed by atoms with van der Waals surface area (Å²) in [6.07, 6.45) is 1.23. The minimum absolute atomic E-state index is 0.124. The second-order valence-corrected chi connectivity index (χ2v) is 3.89. The van der Waals surface area contributed by atoms with Gasteiger partial charge < -0.3 is 5.32 Å². The van der Waals surface area contributed by atoms with E-state index in [1.54, 1.807) is 0 Å². The molecule has 3 heteroatoms. The normalized spacial score (nSPS) is 15.7. The maximum atomic E-state index is 11.5. The number of carbonyl (C=O) groups excluding carboxylic acids is 1. The number of amides is 1. The molecular weight excluding hydrogens is 188 g/mol. The highest BCUT2D eigenvalue weighted by Gasteiger charge is 2.16. The summed E-state index contributed by atoms with van der Waals surface area (Å²) in [5.41, 5.74) is 1.15. The second-order valence-electron chi connectivity index (χ2n) is 3.89. The Hall–Kier alpha value is -1.35. The first kappa shape index (κ1) is 10.2. The van der Waals surface area contributed by atoms with Crippen LogP contribution in [-0.4, -0.2) is 30.4 Å². The summed E-state index contributed by atoms with van der Waals surface area (Å²) in [6, 6.07) is 9.98. The fraction of sp³-hybridized carbons (Fsp3) is 0.417. The molecule has 0 unspecified atom stereocenters. The van der Waals surface area contributed by atoms with E-state index in [4.69, 9.17) is 0 Å². The van der Waals surface area contributed by atoms with E-state index in [0.717, 1.165) is 18.7 Å². The maximum absolute atomic E-state index is 11.5. The standard InChI is InChI=1S/C12H16N2O/c15-12(10-14-7-4-8-14)13-9-11-5-2-1-3-6-11/h1-3,5-6H,4,7-10H2,(H,13,15). The molecule has 0 bridgehead atoms. The largest absolute Gasteiger partial charge is 0.351 e. The molecule has 1 fully saturated rings. The number of hydrogen-bond acceptors (Lipinski definition) is 2. The van der Waals surface area contributed by atoms with Crippen LogP contribution < -0.4 is 5.32 Å². The fourth-order valence-electron chi connectivity index (χ4n) is 1.60. The zero-order valence-corrected chi connectivity index (χ0v) is 8.78. The van der Waals surface area contributed by atoms with Gasteiger partial charge >= 0.3 is 0 Å². The number of nitrogens with zero attached hydrogens (tertiary/aromatic N) is 1. The average molecular weight is 204 g/mol. The summed E-state index contributed by atoms with van der Waals surface area (Å²) in [6.45, 7) is 3.32. The summed E-state index contributed by atoms with van der Waals surface area (Å²) in [4.78, 5) is 13.6. The van der Waals surface area contributed by atoms with E-state index in [1.807, 2.05) is 30.3 Å². The molecule has 2 rings (SSSR count). The Labute approximate surface area is 90.1 Å². The van der Waals surface area contributed by atoms with Gasteiger partial charge in [-0.3, -0.25) is 9.69 Å². The molecule has 1 aliphatic rings. The molecule has 0 saturated carbocycles. The Morgan fingerprint density at radius 3 is 2.60 bits per heavy atom. The Kier molecular flexibility index (Phi) is 3.35. The fourth-order valence-corrected chi connectivity index (χ4v) is 1.60. The third-order valence-corrected chi connectivity index (χ3v) is 2.65. The van der Waals surface area contributed by atoms with Gasteiger partial charge in [0.15, 0.2) is 0 Å². The van der Waals surface area contributed by atoms with Crippen LogP contribution in [-0.2, 0) is 11.3 Å². The molecule has 3 nitrogen and oxygen atoms in total. The minimum atomic E-state index is 0.124. The van der Waals surface area contributed by atoms with E-state index in [-0.39, 0.29) is 5.91 Å². The second kappa shape index (κ2) is 4.94. The summed E-state index contributed by atoms with van der Waals surface area (Å²) in [5.74, 6) is 0.124. The predicted molar refractivity (Wildman–Crippen MR) is 59.3 cm³/mol. The van der Waals surface area contributed by atoms with E-state index in [2.05, 4.69) is 10.2 Å². The summed E-state index contributed by atoms with van der Waals surface area (Å²) < 4.78 is 0. The molecule has 1 heterocycles. The van der Waals surface area contributed by atoms with Crippen LogP contribution in [0, 0.1) is 0 Å². The maximum Gasteiger partial charge on any atom is 0.234 e. The predicted octanol–water partition coefficient (Wildman–Crippen LogP) is 1.01. The minimum Gasteiger partial charge on any atom is -0.351 e. The molecule has 0 atom stereocenters. The average Bonchev–Trinajstić information content (AvgIpc) is 2.22. The zero-order valence-electron chi connectivity index (χ0n) is 8.78. The molecule has 0 spiro atoms. The zero-order chi connectivity index (χ0) is 10.5. The molecule has 15 heavy (non-hydrogen) atoms. The van der Waals surface area contributed by atoms with Gasteiger partial charge in [-0.2, -0.15) is 0 Å². The van der Waals surface area contributed by atoms with E-state index >= 15 is 0 Å². The molecule has 1 aromatic rings. The summed E-state index contributed by atoms with van der Waals surface area (Å²) in [7, 11) is 0. The van der Waals surface area contributed by atoms with Crippen LogP contribution in [0.3, 0.4) is 0 Å². The molecule has 1 saturated heterocycles. The smallest absolute Gasteiger partial charge is 0.234 e. The number of likely N-dealkylation sites (tertiary alicyclic amines) is 1. The molecule has 80 valence electrons. The van der Waals surface area contributed by atoms with Crippen molar-refractivity contribution in [2.45, 2.75) is 13.0 Å². The van der Waals surface area contributed by atoms with Gasteiger partial charge in [0.2, 0.25) is 5.91 Å². The van der Waals surface area contributed by atoms with Crippen molar-refractivity contribution in [2.75, 3.05) is 19.6 Å². The van der Waals surface area contributed by atoms with Gasteiger partial charge in [0.25, 0.3) is 0 Å². The summed E-state index contributed by atoms with van der Waals surface area (Å²) >= 11 is 0. The third kappa shape index (κ3) is 3.06. The first-order chi connectivity index (χ1) is 7.34. The molecule has 0 aromatic heterocycles. The molecule has 1 aromatic carbocycles. The Bertz CT molecular complexity index is 320. The van der Waals surface area contributed by atoms with Crippen molar-refractivity contribution in [2.24, 2.45) is 0 Å². The number of rotatable bonds is 4. The van der Waals surface area contributed by atoms with Crippen molar-refractivity contribution in [3.05, 3.63) is 35.9 Å². The van der Waals surface area contributed by atoms with Crippen LogP contribution >= 0.6 is 0 Å². The Morgan fingerprint density at radius 2 is 2.00 bits per heavy atom. The van der Waals surface area contributed by atoms with Crippen LogP contribution in [0.4, 0.5) is 0 Å². The summed E-state index contributed by atoms with van der Waals surface area (Å²) in [5, 5.41) is 2.92. The van der Waals surface area contributed by atoms with Crippen molar-refractivity contribution < 1.29 is 4.79 Å². The van der Waals surface area contributed by atoms with Crippen LogP contribution in [0.1, 0.15) is 12.0 Å². The molecule has 0 radical (unpaired) electrons. The quantitative estimate of drug-likeness (QED) is 0.794. The lowest BCUT2D eigenvalue weighted by molar-refractivity contribution is -0.123. The van der Waals surface area contributed by atoms with E-state index in [9.17, 15) is 4.79 Å². The van der Waals surface area contributed by atoms with Gasteiger partial charge in [0, 0.05) is 6.54 Å². The molecule has 1 N–H and O–H groups in total. The van der Waals surface area contributed by atoms with Crippen molar-refractivity contribution in [1.82, 2.24) is 10.2 Å². The lowest BCUT2D eigenvalue weighted by atomic mass is 10.2. The van der Waals surface area contributed by atoms with Crippen molar-refractivity contribution in [1.29, 1.82) is 0 Å². The van der Waals surface area contributed by atoms with E-state index in [1.165, 1.54) is 6.42 Å². The first-order valence-electron chi connectivity index (χ1n) is 5.37. The Morgan fingerprint density at radius 1 is 1.27 bits per heavy atom. The van der Waals surface area contributed by atoms with Crippen LogP contribution in [0.15, 0.2) is 30.3 Å². The van der Waals surface area contributed by atoms with E-state index in [0.29, 0.717) is 13.1 Å². The lowest BCUT2D eigenvalue weighted by Gasteiger charge is -2.29. The third-order valence-electron chi connectivity index (χ3n) is 2.65.